The van der Waals surface area contributed by atoms with Crippen LogP contribution < -0.4 is 22.0 Å². The number of hydrazone groups is 2. The number of carbonyl (C=O) groups excluding carboxylic acids is 2. The van der Waals surface area contributed by atoms with E-state index in [9.17, 15) is 29.4 Å². The first-order valence-corrected chi connectivity index (χ1v) is 10.5. The van der Waals surface area contributed by atoms with Crippen molar-refractivity contribution in [3.8, 4) is 11.5 Å². The third kappa shape index (κ3) is 4.18. The molecule has 12 heteroatoms. The highest BCUT2D eigenvalue weighted by molar-refractivity contribution is 6.35. The number of aryl methyl sites for hydroxylation is 2. The molecule has 0 saturated carbocycles. The van der Waals surface area contributed by atoms with Crippen molar-refractivity contribution in [2.75, 3.05) is 0 Å². The van der Waals surface area contributed by atoms with E-state index in [0.717, 1.165) is 12.4 Å². The second-order valence-corrected chi connectivity index (χ2v) is 7.69. The van der Waals surface area contributed by atoms with Gasteiger partial charge in [0.1, 0.15) is 22.6 Å². The molecule has 36 heavy (non-hydrogen) atoms. The third-order valence-electron chi connectivity index (χ3n) is 5.55. The SMILES string of the molecule is Cn1c(=O)c(/C=N/NC(=O)C(=O)N/N=C/c2c(O)c3ccccc3n(C)c2=O)c(O)c2ccccc21. The fraction of sp³-hybridized carbons (Fsp3) is 0.0833. The van der Waals surface area contributed by atoms with Crippen molar-refractivity contribution in [3.63, 3.8) is 0 Å². The van der Waals surface area contributed by atoms with Gasteiger partial charge in [0.25, 0.3) is 11.1 Å². The second-order valence-electron chi connectivity index (χ2n) is 7.69. The van der Waals surface area contributed by atoms with Gasteiger partial charge in [0.05, 0.1) is 23.5 Å². The van der Waals surface area contributed by atoms with Crippen LogP contribution in [-0.4, -0.2) is 43.6 Å². The van der Waals surface area contributed by atoms with E-state index >= 15 is 0 Å². The fourth-order valence-electron chi connectivity index (χ4n) is 3.65. The van der Waals surface area contributed by atoms with E-state index in [0.29, 0.717) is 21.8 Å². The first kappa shape index (κ1) is 23.9. The predicted molar refractivity (Wildman–Crippen MR) is 133 cm³/mol. The molecule has 0 saturated heterocycles. The van der Waals surface area contributed by atoms with Gasteiger partial charge in [-0.3, -0.25) is 19.2 Å². The van der Waals surface area contributed by atoms with Crippen molar-refractivity contribution >= 4 is 46.0 Å². The number of amides is 2. The molecular weight excluding hydrogens is 468 g/mol. The number of para-hydroxylation sites is 2. The van der Waals surface area contributed by atoms with Crippen molar-refractivity contribution in [1.29, 1.82) is 0 Å². The van der Waals surface area contributed by atoms with Crippen LogP contribution in [0, 0.1) is 0 Å². The number of fused-ring (bicyclic) bond motifs is 2. The van der Waals surface area contributed by atoms with Crippen LogP contribution in [0.2, 0.25) is 0 Å². The zero-order valence-electron chi connectivity index (χ0n) is 19.1. The van der Waals surface area contributed by atoms with E-state index in [4.69, 9.17) is 0 Å². The molecule has 0 aliphatic carbocycles. The number of nitrogens with one attached hydrogen (secondary N) is 2. The lowest BCUT2D eigenvalue weighted by molar-refractivity contribution is -0.139. The first-order valence-electron chi connectivity index (χ1n) is 10.5. The second kappa shape index (κ2) is 9.54. The van der Waals surface area contributed by atoms with E-state index in [1.807, 2.05) is 10.9 Å². The van der Waals surface area contributed by atoms with Crippen LogP contribution in [0.1, 0.15) is 11.1 Å². The van der Waals surface area contributed by atoms with Gasteiger partial charge in [-0.1, -0.05) is 24.3 Å². The number of rotatable bonds is 4. The standard InChI is InChI=1S/C24H20N6O6/c1-29-17-9-5-3-7-13(17)19(31)15(23(29)35)11-25-27-21(33)22(34)28-26-12-16-20(32)14-8-4-6-10-18(14)30(2)24(16)36/h3-12,31-32H,1-2H3,(H,27,33)(H,28,34)/b25-11+,26-12+. The molecular formula is C24H20N6O6. The number of benzene rings is 2. The minimum absolute atomic E-state index is 0.183. The highest BCUT2D eigenvalue weighted by Crippen LogP contribution is 2.25. The topological polar surface area (TPSA) is 167 Å². The van der Waals surface area contributed by atoms with Crippen LogP contribution in [0.25, 0.3) is 21.8 Å². The maximum Gasteiger partial charge on any atom is 0.331 e. The number of hydrogen-bond acceptors (Lipinski definition) is 8. The summed E-state index contributed by atoms with van der Waals surface area (Å²) in [7, 11) is 3.04. The molecule has 0 bridgehead atoms. The van der Waals surface area contributed by atoms with Gasteiger partial charge in [-0.25, -0.2) is 10.9 Å². The Kier molecular flexibility index (Phi) is 6.33. The first-order chi connectivity index (χ1) is 17.2. The minimum Gasteiger partial charge on any atom is -0.506 e. The number of nitrogens with zero attached hydrogens (tertiary/aromatic N) is 4. The van der Waals surface area contributed by atoms with Crippen molar-refractivity contribution < 1.29 is 19.8 Å². The molecule has 0 aliphatic heterocycles. The maximum atomic E-state index is 12.5. The molecule has 182 valence electrons. The Labute approximate surface area is 202 Å². The van der Waals surface area contributed by atoms with E-state index in [1.54, 1.807) is 48.5 Å². The van der Waals surface area contributed by atoms with Crippen molar-refractivity contribution in [3.05, 3.63) is 80.4 Å². The van der Waals surface area contributed by atoms with Crippen LogP contribution >= 0.6 is 0 Å². The third-order valence-corrected chi connectivity index (χ3v) is 5.55. The quantitative estimate of drug-likeness (QED) is 0.184. The summed E-state index contributed by atoms with van der Waals surface area (Å²) in [6.45, 7) is 0. The van der Waals surface area contributed by atoms with Crippen LogP contribution in [0.4, 0.5) is 0 Å². The van der Waals surface area contributed by atoms with Gasteiger partial charge in [0, 0.05) is 24.9 Å². The van der Waals surface area contributed by atoms with E-state index in [2.05, 4.69) is 10.2 Å². The number of aromatic hydroxyl groups is 2. The Balaban J connectivity index is 1.47. The molecule has 0 atom stereocenters. The van der Waals surface area contributed by atoms with Gasteiger partial charge >= 0.3 is 11.8 Å². The molecule has 4 N–H and O–H groups in total. The van der Waals surface area contributed by atoms with Gasteiger partial charge < -0.3 is 19.3 Å². The molecule has 0 spiro atoms. The summed E-state index contributed by atoms with van der Waals surface area (Å²) in [6.07, 6.45) is 1.85. The molecule has 2 heterocycles. The number of hydrogen-bond donors (Lipinski definition) is 4. The monoisotopic (exact) mass is 488 g/mol. The van der Waals surface area contributed by atoms with Crippen LogP contribution in [-0.2, 0) is 23.7 Å². The highest BCUT2D eigenvalue weighted by Gasteiger charge is 2.16. The Morgan fingerprint density at radius 3 is 1.47 bits per heavy atom. The zero-order valence-corrected chi connectivity index (χ0v) is 19.1. The van der Waals surface area contributed by atoms with Gasteiger partial charge in [0.2, 0.25) is 0 Å². The lowest BCUT2D eigenvalue weighted by Gasteiger charge is -2.09. The van der Waals surface area contributed by atoms with Crippen molar-refractivity contribution in [2.45, 2.75) is 0 Å². The summed E-state index contributed by atoms with van der Waals surface area (Å²) in [5.41, 5.74) is 3.38. The van der Waals surface area contributed by atoms with Crippen molar-refractivity contribution in [1.82, 2.24) is 20.0 Å². The summed E-state index contributed by atoms with van der Waals surface area (Å²) in [4.78, 5) is 49.0. The lowest BCUT2D eigenvalue weighted by atomic mass is 10.1. The van der Waals surface area contributed by atoms with Gasteiger partial charge in [-0.15, -0.1) is 0 Å². The predicted octanol–water partition coefficient (Wildman–Crippen LogP) is 0.402. The summed E-state index contributed by atoms with van der Waals surface area (Å²) >= 11 is 0. The van der Waals surface area contributed by atoms with Crippen LogP contribution in [0.3, 0.4) is 0 Å². The van der Waals surface area contributed by atoms with Crippen molar-refractivity contribution in [2.24, 2.45) is 24.3 Å². The fourth-order valence-corrected chi connectivity index (χ4v) is 3.65. The molecule has 4 aromatic rings. The molecule has 0 aliphatic rings. The average molecular weight is 488 g/mol. The molecule has 2 aromatic heterocycles. The number of carbonyl (C=O) groups is 2. The largest absolute Gasteiger partial charge is 0.506 e. The molecule has 4 rings (SSSR count). The Bertz CT molecular complexity index is 1590. The maximum absolute atomic E-state index is 12.5. The Hall–Kier alpha value is -5.26. The molecule has 2 aromatic carbocycles. The van der Waals surface area contributed by atoms with Gasteiger partial charge in [-0.2, -0.15) is 10.2 Å². The van der Waals surface area contributed by atoms with Crippen LogP contribution in [0.15, 0.2) is 68.3 Å². The summed E-state index contributed by atoms with van der Waals surface area (Å²) in [5, 5.41) is 28.8. The summed E-state index contributed by atoms with van der Waals surface area (Å²) in [5.74, 6) is -3.10. The average Bonchev–Trinajstić information content (AvgIpc) is 2.89. The summed E-state index contributed by atoms with van der Waals surface area (Å²) < 4.78 is 2.62. The molecule has 0 radical (unpaired) electrons. The number of pyridine rings is 2. The summed E-state index contributed by atoms with van der Waals surface area (Å²) in [6, 6.07) is 13.4. The smallest absolute Gasteiger partial charge is 0.331 e. The van der Waals surface area contributed by atoms with Gasteiger partial charge in [0.15, 0.2) is 0 Å². The normalized spacial score (nSPS) is 11.5. The molecule has 12 nitrogen and oxygen atoms in total. The Morgan fingerprint density at radius 2 is 1.08 bits per heavy atom. The highest BCUT2D eigenvalue weighted by atomic mass is 16.3. The molecule has 0 fully saturated rings. The zero-order chi connectivity index (χ0) is 26.0. The minimum atomic E-state index is -1.23. The molecule has 0 unspecified atom stereocenters. The lowest BCUT2D eigenvalue weighted by Crippen LogP contribution is -2.35. The van der Waals surface area contributed by atoms with E-state index in [-0.39, 0.29) is 22.6 Å². The Morgan fingerprint density at radius 1 is 0.722 bits per heavy atom. The number of aromatic nitrogens is 2. The van der Waals surface area contributed by atoms with E-state index < -0.39 is 22.9 Å². The van der Waals surface area contributed by atoms with Gasteiger partial charge in [-0.05, 0) is 24.3 Å². The van der Waals surface area contributed by atoms with Crippen LogP contribution in [0.5, 0.6) is 11.5 Å². The van der Waals surface area contributed by atoms with E-state index in [1.165, 1.54) is 23.2 Å². The molecule has 2 amide bonds.